The maximum atomic E-state index is 11.9. The third-order valence-electron chi connectivity index (χ3n) is 2.41. The molecule has 0 spiro atoms. The number of urea groups is 1. The normalized spacial score (nSPS) is 10.4. The molecular formula is C12H21N3O2S. The van der Waals surface area contributed by atoms with E-state index in [0.29, 0.717) is 18.2 Å². The molecule has 0 saturated heterocycles. The number of carbonyl (C=O) groups is 1. The highest BCUT2D eigenvalue weighted by atomic mass is 32.1. The summed E-state index contributed by atoms with van der Waals surface area (Å²) >= 11 is 1.51. The van der Waals surface area contributed by atoms with Gasteiger partial charge < -0.3 is 10.0 Å². The average Bonchev–Trinajstić information content (AvgIpc) is 2.77. The summed E-state index contributed by atoms with van der Waals surface area (Å²) in [7, 11) is 0. The second kappa shape index (κ2) is 8.05. The van der Waals surface area contributed by atoms with Crippen molar-refractivity contribution in [3.63, 3.8) is 0 Å². The lowest BCUT2D eigenvalue weighted by molar-refractivity contribution is 0.188. The van der Waals surface area contributed by atoms with Crippen LogP contribution in [-0.4, -0.2) is 40.7 Å². The fourth-order valence-corrected chi connectivity index (χ4v) is 2.51. The fraction of sp³-hybridized carbons (Fsp3) is 0.667. The van der Waals surface area contributed by atoms with E-state index >= 15 is 0 Å². The molecule has 0 fully saturated rings. The smallest absolute Gasteiger partial charge is 0.323 e. The molecule has 0 aliphatic rings. The third-order valence-corrected chi connectivity index (χ3v) is 3.39. The van der Waals surface area contributed by atoms with E-state index in [1.54, 1.807) is 11.1 Å². The van der Waals surface area contributed by atoms with Crippen molar-refractivity contribution in [1.82, 2.24) is 9.88 Å². The van der Waals surface area contributed by atoms with Crippen molar-refractivity contribution in [2.24, 2.45) is 0 Å². The molecule has 0 aromatic carbocycles. The molecule has 0 atom stereocenters. The molecule has 18 heavy (non-hydrogen) atoms. The maximum absolute atomic E-state index is 11.9. The van der Waals surface area contributed by atoms with E-state index in [2.05, 4.69) is 17.2 Å². The summed E-state index contributed by atoms with van der Waals surface area (Å²) < 4.78 is 0. The van der Waals surface area contributed by atoms with Gasteiger partial charge >= 0.3 is 6.03 Å². The van der Waals surface area contributed by atoms with Crippen LogP contribution in [0.5, 0.6) is 0 Å². The van der Waals surface area contributed by atoms with Crippen molar-refractivity contribution >= 4 is 22.5 Å². The van der Waals surface area contributed by atoms with Crippen LogP contribution in [-0.2, 0) is 6.42 Å². The number of hydrogen-bond donors (Lipinski definition) is 2. The first-order valence-corrected chi connectivity index (χ1v) is 7.14. The summed E-state index contributed by atoms with van der Waals surface area (Å²) in [5.74, 6) is 0. The monoisotopic (exact) mass is 271 g/mol. The van der Waals surface area contributed by atoms with Gasteiger partial charge in [-0.2, -0.15) is 0 Å². The highest BCUT2D eigenvalue weighted by Gasteiger charge is 2.13. The largest absolute Gasteiger partial charge is 0.395 e. The average molecular weight is 271 g/mol. The lowest BCUT2D eigenvalue weighted by Gasteiger charge is -2.20. The number of thiazole rings is 1. The lowest BCUT2D eigenvalue weighted by Crippen LogP contribution is -2.37. The molecule has 0 saturated carbocycles. The van der Waals surface area contributed by atoms with Crippen molar-refractivity contribution in [3.05, 3.63) is 11.1 Å². The zero-order chi connectivity index (χ0) is 13.4. The Morgan fingerprint density at radius 1 is 1.44 bits per heavy atom. The van der Waals surface area contributed by atoms with Gasteiger partial charge in [-0.1, -0.05) is 20.3 Å². The van der Waals surface area contributed by atoms with E-state index < -0.39 is 0 Å². The van der Waals surface area contributed by atoms with Crippen molar-refractivity contribution in [3.8, 4) is 0 Å². The van der Waals surface area contributed by atoms with Crippen LogP contribution in [0.25, 0.3) is 0 Å². The quantitative estimate of drug-likeness (QED) is 0.800. The molecule has 0 bridgehead atoms. The van der Waals surface area contributed by atoms with Crippen LogP contribution in [0.15, 0.2) is 6.20 Å². The number of rotatable bonds is 7. The van der Waals surface area contributed by atoms with Crippen LogP contribution in [0.4, 0.5) is 9.93 Å². The van der Waals surface area contributed by atoms with Crippen molar-refractivity contribution in [2.75, 3.05) is 25.0 Å². The minimum Gasteiger partial charge on any atom is -0.395 e. The topological polar surface area (TPSA) is 65.5 Å². The standard InChI is InChI=1S/C12H21N3O2S/c1-3-5-10-9-13-11(18-10)14-12(17)15(6-4-2)7-8-16/h9,16H,3-8H2,1-2H3,(H,13,14,17). The Bertz CT molecular complexity index is 362. The van der Waals surface area contributed by atoms with Gasteiger partial charge in [-0.15, -0.1) is 11.3 Å². The predicted molar refractivity (Wildman–Crippen MR) is 74.1 cm³/mol. The van der Waals surface area contributed by atoms with Crippen LogP contribution in [0.2, 0.25) is 0 Å². The molecule has 0 aliphatic heterocycles. The van der Waals surface area contributed by atoms with Crippen LogP contribution in [0.1, 0.15) is 31.6 Å². The Labute approximate surface area is 112 Å². The Morgan fingerprint density at radius 3 is 2.83 bits per heavy atom. The number of aryl methyl sites for hydroxylation is 1. The Kier molecular flexibility index (Phi) is 6.67. The summed E-state index contributed by atoms with van der Waals surface area (Å²) in [5.41, 5.74) is 0. The molecule has 0 aliphatic carbocycles. The molecule has 5 nitrogen and oxygen atoms in total. The number of anilines is 1. The van der Waals surface area contributed by atoms with E-state index in [0.717, 1.165) is 19.3 Å². The fourth-order valence-electron chi connectivity index (χ4n) is 1.60. The van der Waals surface area contributed by atoms with Gasteiger partial charge in [0.05, 0.1) is 6.61 Å². The molecule has 0 unspecified atom stereocenters. The zero-order valence-electron chi connectivity index (χ0n) is 11.0. The summed E-state index contributed by atoms with van der Waals surface area (Å²) in [6.45, 7) is 5.08. The van der Waals surface area contributed by atoms with Gasteiger partial charge in [0.1, 0.15) is 0 Å². The van der Waals surface area contributed by atoms with Crippen molar-refractivity contribution < 1.29 is 9.90 Å². The number of nitrogens with one attached hydrogen (secondary N) is 1. The zero-order valence-corrected chi connectivity index (χ0v) is 11.8. The summed E-state index contributed by atoms with van der Waals surface area (Å²) in [4.78, 5) is 18.9. The number of aliphatic hydroxyl groups excluding tert-OH is 1. The van der Waals surface area contributed by atoms with E-state index in [-0.39, 0.29) is 12.6 Å². The molecule has 1 heterocycles. The number of amides is 2. The van der Waals surface area contributed by atoms with Gasteiger partial charge in [0.15, 0.2) is 5.13 Å². The van der Waals surface area contributed by atoms with Gasteiger partial charge in [0.25, 0.3) is 0 Å². The van der Waals surface area contributed by atoms with Crippen LogP contribution in [0.3, 0.4) is 0 Å². The van der Waals surface area contributed by atoms with Crippen molar-refractivity contribution in [2.45, 2.75) is 33.1 Å². The van der Waals surface area contributed by atoms with E-state index in [1.165, 1.54) is 16.2 Å². The van der Waals surface area contributed by atoms with Gasteiger partial charge in [0, 0.05) is 24.2 Å². The summed E-state index contributed by atoms with van der Waals surface area (Å²) in [6, 6.07) is -0.191. The number of hydrogen-bond acceptors (Lipinski definition) is 4. The van der Waals surface area contributed by atoms with Gasteiger partial charge in [-0.3, -0.25) is 5.32 Å². The predicted octanol–water partition coefficient (Wildman–Crippen LogP) is 2.33. The first-order chi connectivity index (χ1) is 8.71. The Hall–Kier alpha value is -1.14. The lowest BCUT2D eigenvalue weighted by atomic mass is 10.3. The van der Waals surface area contributed by atoms with Crippen LogP contribution < -0.4 is 5.32 Å². The SMILES string of the molecule is CCCc1cnc(NC(=O)N(CCC)CCO)s1. The highest BCUT2D eigenvalue weighted by molar-refractivity contribution is 7.15. The maximum Gasteiger partial charge on any atom is 0.323 e. The second-order valence-electron chi connectivity index (χ2n) is 4.02. The second-order valence-corrected chi connectivity index (χ2v) is 5.14. The van der Waals surface area contributed by atoms with E-state index in [9.17, 15) is 4.79 Å². The van der Waals surface area contributed by atoms with E-state index in [4.69, 9.17) is 5.11 Å². The molecule has 6 heteroatoms. The molecule has 2 N–H and O–H groups in total. The molecule has 1 aromatic rings. The minimum atomic E-state index is -0.191. The Balaban J connectivity index is 2.55. The van der Waals surface area contributed by atoms with Crippen LogP contribution >= 0.6 is 11.3 Å². The van der Waals surface area contributed by atoms with Crippen molar-refractivity contribution in [1.29, 1.82) is 0 Å². The number of aliphatic hydroxyl groups is 1. The highest BCUT2D eigenvalue weighted by Crippen LogP contribution is 2.19. The van der Waals surface area contributed by atoms with Gasteiger partial charge in [-0.05, 0) is 12.8 Å². The van der Waals surface area contributed by atoms with Crippen LogP contribution in [0, 0.1) is 0 Å². The summed E-state index contributed by atoms with van der Waals surface area (Å²) in [6.07, 6.45) is 4.73. The van der Waals surface area contributed by atoms with Gasteiger partial charge in [0.2, 0.25) is 0 Å². The molecular weight excluding hydrogens is 250 g/mol. The molecule has 1 aromatic heterocycles. The molecule has 2 amide bonds. The molecule has 1 rings (SSSR count). The summed E-state index contributed by atoms with van der Waals surface area (Å²) in [5, 5.41) is 12.3. The minimum absolute atomic E-state index is 0.0215. The molecule has 0 radical (unpaired) electrons. The Morgan fingerprint density at radius 2 is 2.22 bits per heavy atom. The third kappa shape index (κ3) is 4.62. The number of aromatic nitrogens is 1. The first-order valence-electron chi connectivity index (χ1n) is 6.32. The van der Waals surface area contributed by atoms with Gasteiger partial charge in [-0.25, -0.2) is 9.78 Å². The number of nitrogens with zero attached hydrogens (tertiary/aromatic N) is 2. The molecule has 102 valence electrons. The van der Waals surface area contributed by atoms with E-state index in [1.807, 2.05) is 6.92 Å². The number of carbonyl (C=O) groups excluding carboxylic acids is 1. The first kappa shape index (κ1) is 14.9.